The lowest BCUT2D eigenvalue weighted by Crippen LogP contribution is -2.53. The molecular weight excluding hydrogens is 393 g/mol. The fraction of sp³-hybridized carbons (Fsp3) is 0.333. The Bertz CT molecular complexity index is 1080. The fourth-order valence-electron chi connectivity index (χ4n) is 4.68. The number of aliphatic imine (C=N–C) groups is 1. The summed E-state index contributed by atoms with van der Waals surface area (Å²) in [4.78, 5) is 24.4. The highest BCUT2D eigenvalue weighted by atomic mass is 19.1. The van der Waals surface area contributed by atoms with Gasteiger partial charge in [0, 0.05) is 44.8 Å². The van der Waals surface area contributed by atoms with Crippen LogP contribution in [0.2, 0.25) is 0 Å². The van der Waals surface area contributed by atoms with Gasteiger partial charge in [0.1, 0.15) is 5.82 Å². The first-order valence-electron chi connectivity index (χ1n) is 10.7. The van der Waals surface area contributed by atoms with E-state index in [1.807, 2.05) is 30.3 Å². The first-order valence-corrected chi connectivity index (χ1v) is 10.7. The second-order valence-corrected chi connectivity index (χ2v) is 8.26. The molecule has 0 aliphatic carbocycles. The molecule has 0 fully saturated rings. The second-order valence-electron chi connectivity index (χ2n) is 8.26. The molecule has 160 valence electrons. The lowest BCUT2D eigenvalue weighted by atomic mass is 10.00. The molecule has 0 saturated heterocycles. The van der Waals surface area contributed by atoms with Crippen LogP contribution < -0.4 is 5.73 Å². The van der Waals surface area contributed by atoms with Gasteiger partial charge in [-0.05, 0) is 28.8 Å². The monoisotopic (exact) mass is 419 g/mol. The maximum atomic E-state index is 13.6. The molecule has 2 aromatic rings. The molecule has 0 aromatic heterocycles. The van der Waals surface area contributed by atoms with Crippen LogP contribution in [0.15, 0.2) is 64.8 Å². The van der Waals surface area contributed by atoms with E-state index in [0.717, 1.165) is 53.4 Å². The number of carbonyl (C=O) groups excluding carboxylic acids is 1. The Morgan fingerprint density at radius 2 is 1.77 bits per heavy atom. The molecule has 1 amide bonds. The van der Waals surface area contributed by atoms with Crippen LogP contribution in [0.3, 0.4) is 0 Å². The minimum Gasteiger partial charge on any atom is -0.326 e. The fourth-order valence-corrected chi connectivity index (χ4v) is 4.68. The van der Waals surface area contributed by atoms with Gasteiger partial charge in [-0.2, -0.15) is 0 Å². The number of hydrogen-bond acceptors (Lipinski definition) is 5. The molecule has 0 atom stereocenters. The summed E-state index contributed by atoms with van der Waals surface area (Å²) in [6.07, 6.45) is 0.798. The summed E-state index contributed by atoms with van der Waals surface area (Å²) in [5, 5.41) is 0. The Balaban J connectivity index is 1.40. The summed E-state index contributed by atoms with van der Waals surface area (Å²) in [5.74, 6) is 0.557. The summed E-state index contributed by atoms with van der Waals surface area (Å²) in [6.45, 7) is 4.48. The van der Waals surface area contributed by atoms with Gasteiger partial charge in [-0.1, -0.05) is 36.4 Å². The van der Waals surface area contributed by atoms with Crippen LogP contribution >= 0.6 is 0 Å². The molecule has 6 nitrogen and oxygen atoms in total. The summed E-state index contributed by atoms with van der Waals surface area (Å²) < 4.78 is 13.6. The van der Waals surface area contributed by atoms with E-state index in [2.05, 4.69) is 14.8 Å². The molecule has 2 aromatic carbocycles. The Morgan fingerprint density at radius 3 is 2.58 bits per heavy atom. The number of hydrogen-bond donors (Lipinski definition) is 1. The number of carbonyl (C=O) groups is 1. The third-order valence-electron chi connectivity index (χ3n) is 6.15. The standard InChI is InChI=1S/C24H26FN5O/c25-20-6-2-5-19(12-20)14-28-9-7-22-21(16-28)23(31)30(24-27-8-10-29(22)24)15-18-4-1-3-17(11-18)13-26/h1-6,11-12H,7-10,13-16,26H2. The van der Waals surface area contributed by atoms with Gasteiger partial charge in [-0.3, -0.25) is 19.6 Å². The Kier molecular flexibility index (Phi) is 5.29. The van der Waals surface area contributed by atoms with E-state index in [1.165, 1.54) is 6.07 Å². The van der Waals surface area contributed by atoms with Crippen molar-refractivity contribution in [3.8, 4) is 0 Å². The minimum atomic E-state index is -0.230. The lowest BCUT2D eigenvalue weighted by molar-refractivity contribution is -0.125. The largest absolute Gasteiger partial charge is 0.326 e. The van der Waals surface area contributed by atoms with E-state index in [9.17, 15) is 9.18 Å². The zero-order chi connectivity index (χ0) is 21.4. The molecule has 0 bridgehead atoms. The summed E-state index contributed by atoms with van der Waals surface area (Å²) >= 11 is 0. The first kappa shape index (κ1) is 19.9. The highest BCUT2D eigenvalue weighted by Gasteiger charge is 2.40. The van der Waals surface area contributed by atoms with Gasteiger partial charge in [0.25, 0.3) is 5.91 Å². The van der Waals surface area contributed by atoms with Crippen molar-refractivity contribution in [2.24, 2.45) is 10.7 Å². The van der Waals surface area contributed by atoms with Crippen LogP contribution in [0.1, 0.15) is 23.1 Å². The second kappa shape index (κ2) is 8.24. The van der Waals surface area contributed by atoms with E-state index >= 15 is 0 Å². The van der Waals surface area contributed by atoms with E-state index in [0.29, 0.717) is 32.7 Å². The van der Waals surface area contributed by atoms with Crippen LogP contribution in [0.4, 0.5) is 4.39 Å². The number of nitrogens with zero attached hydrogens (tertiary/aromatic N) is 4. The van der Waals surface area contributed by atoms with E-state index in [4.69, 9.17) is 5.73 Å². The number of amides is 1. The molecule has 0 saturated carbocycles. The Labute approximate surface area is 181 Å². The van der Waals surface area contributed by atoms with Crippen LogP contribution in [0.5, 0.6) is 0 Å². The van der Waals surface area contributed by atoms with Crippen molar-refractivity contribution in [1.82, 2.24) is 14.7 Å². The zero-order valence-corrected chi connectivity index (χ0v) is 17.4. The van der Waals surface area contributed by atoms with Crippen LogP contribution in [-0.2, 0) is 24.4 Å². The Hall–Kier alpha value is -3.03. The quantitative estimate of drug-likeness (QED) is 0.809. The van der Waals surface area contributed by atoms with Gasteiger partial charge < -0.3 is 10.6 Å². The SMILES string of the molecule is NCc1cccc(CN2C(=O)C3=C(CCN(Cc4cccc(F)c4)C3)N3CCN=C23)c1. The normalized spacial score (nSPS) is 18.9. The minimum absolute atomic E-state index is 0.0222. The van der Waals surface area contributed by atoms with Crippen LogP contribution in [0, 0.1) is 5.82 Å². The highest BCUT2D eigenvalue weighted by Crippen LogP contribution is 2.32. The number of rotatable bonds is 5. The molecule has 3 aliphatic rings. The molecule has 3 heterocycles. The van der Waals surface area contributed by atoms with Crippen LogP contribution in [-0.4, -0.2) is 52.7 Å². The molecule has 7 heteroatoms. The van der Waals surface area contributed by atoms with Crippen molar-refractivity contribution < 1.29 is 9.18 Å². The van der Waals surface area contributed by atoms with Crippen molar-refractivity contribution in [2.45, 2.75) is 26.1 Å². The first-order chi connectivity index (χ1) is 15.1. The van der Waals surface area contributed by atoms with Gasteiger partial charge in [-0.25, -0.2) is 4.39 Å². The van der Waals surface area contributed by atoms with E-state index in [1.54, 1.807) is 17.0 Å². The molecule has 5 rings (SSSR count). The lowest BCUT2D eigenvalue weighted by Gasteiger charge is -2.42. The molecule has 2 N–H and O–H groups in total. The number of fused-ring (bicyclic) bond motifs is 2. The van der Waals surface area contributed by atoms with E-state index in [-0.39, 0.29) is 11.7 Å². The number of benzene rings is 2. The predicted molar refractivity (Wildman–Crippen MR) is 117 cm³/mol. The van der Waals surface area contributed by atoms with Gasteiger partial charge in [0.2, 0.25) is 5.96 Å². The summed E-state index contributed by atoms with van der Waals surface area (Å²) in [7, 11) is 0. The highest BCUT2D eigenvalue weighted by molar-refractivity contribution is 6.09. The van der Waals surface area contributed by atoms with Crippen molar-refractivity contribution in [2.75, 3.05) is 26.2 Å². The van der Waals surface area contributed by atoms with Gasteiger partial charge in [0.05, 0.1) is 18.7 Å². The van der Waals surface area contributed by atoms with Gasteiger partial charge in [-0.15, -0.1) is 0 Å². The molecular formula is C24H26FN5O. The third kappa shape index (κ3) is 3.86. The van der Waals surface area contributed by atoms with Crippen molar-refractivity contribution in [3.63, 3.8) is 0 Å². The van der Waals surface area contributed by atoms with Crippen LogP contribution in [0.25, 0.3) is 0 Å². The topological polar surface area (TPSA) is 65.2 Å². The van der Waals surface area contributed by atoms with Gasteiger partial charge in [0.15, 0.2) is 0 Å². The van der Waals surface area contributed by atoms with E-state index < -0.39 is 0 Å². The maximum Gasteiger partial charge on any atom is 0.259 e. The average molecular weight is 420 g/mol. The van der Waals surface area contributed by atoms with Crippen molar-refractivity contribution in [1.29, 1.82) is 0 Å². The van der Waals surface area contributed by atoms with Crippen molar-refractivity contribution in [3.05, 3.63) is 82.3 Å². The zero-order valence-electron chi connectivity index (χ0n) is 17.4. The number of nitrogens with two attached hydrogens (primary N) is 1. The Morgan fingerprint density at radius 1 is 1.00 bits per heavy atom. The average Bonchev–Trinajstić information content (AvgIpc) is 3.27. The van der Waals surface area contributed by atoms with Crippen molar-refractivity contribution >= 4 is 11.9 Å². The smallest absolute Gasteiger partial charge is 0.259 e. The molecule has 31 heavy (non-hydrogen) atoms. The predicted octanol–water partition coefficient (Wildman–Crippen LogP) is 2.46. The summed E-state index contributed by atoms with van der Waals surface area (Å²) in [5.41, 5.74) is 10.7. The number of halogens is 1. The molecule has 0 spiro atoms. The molecule has 0 unspecified atom stereocenters. The number of guanidine groups is 1. The summed E-state index contributed by atoms with van der Waals surface area (Å²) in [6, 6.07) is 14.7. The van der Waals surface area contributed by atoms with Gasteiger partial charge >= 0.3 is 0 Å². The molecule has 3 aliphatic heterocycles. The third-order valence-corrected chi connectivity index (χ3v) is 6.15. The maximum absolute atomic E-state index is 13.6. The molecule has 0 radical (unpaired) electrons.